The zero-order chi connectivity index (χ0) is 12.4. The van der Waals surface area contributed by atoms with Gasteiger partial charge in [-0.2, -0.15) is 0 Å². The molecular weight excluding hydrogens is 210 g/mol. The molecule has 0 fully saturated rings. The van der Waals surface area contributed by atoms with Crippen LogP contribution >= 0.6 is 0 Å². The van der Waals surface area contributed by atoms with Gasteiger partial charge in [0.1, 0.15) is 0 Å². The van der Waals surface area contributed by atoms with Crippen LogP contribution in [-0.4, -0.2) is 33.2 Å². The number of benzene rings is 1. The zero-order valence-electron chi connectivity index (χ0n) is 11.2. The highest BCUT2D eigenvalue weighted by Crippen LogP contribution is 2.33. The Hall–Kier alpha value is -1.22. The molecule has 1 heterocycles. The molecule has 3 heteroatoms. The highest BCUT2D eigenvalue weighted by molar-refractivity contribution is 5.74. The van der Waals surface area contributed by atoms with Crippen LogP contribution in [0.1, 0.15) is 17.5 Å². The molecule has 2 rings (SSSR count). The van der Waals surface area contributed by atoms with Crippen molar-refractivity contribution in [3.63, 3.8) is 0 Å². The maximum atomic E-state index is 5.71. The lowest BCUT2D eigenvalue weighted by Gasteiger charge is -2.26. The van der Waals surface area contributed by atoms with Gasteiger partial charge in [-0.05, 0) is 43.5 Å². The van der Waals surface area contributed by atoms with Crippen LogP contribution in [0.25, 0.3) is 0 Å². The Morgan fingerprint density at radius 2 is 1.76 bits per heavy atom. The van der Waals surface area contributed by atoms with Gasteiger partial charge >= 0.3 is 0 Å². The van der Waals surface area contributed by atoms with Gasteiger partial charge in [-0.25, -0.2) is 0 Å². The lowest BCUT2D eigenvalue weighted by molar-refractivity contribution is 0.741. The van der Waals surface area contributed by atoms with E-state index in [-0.39, 0.29) is 0 Å². The largest absolute Gasteiger partial charge is 0.373 e. The first-order valence-electron chi connectivity index (χ1n) is 6.41. The molecule has 17 heavy (non-hydrogen) atoms. The third kappa shape index (κ3) is 2.39. The van der Waals surface area contributed by atoms with E-state index in [1.54, 1.807) is 0 Å². The lowest BCUT2D eigenvalue weighted by Crippen LogP contribution is -2.30. The summed E-state index contributed by atoms with van der Waals surface area (Å²) in [7, 11) is 2.18. The number of nitrogens with two attached hydrogens (primary N) is 1. The van der Waals surface area contributed by atoms with Crippen LogP contribution in [-0.2, 0) is 0 Å². The number of aryl methyl sites for hydroxylation is 2. The summed E-state index contributed by atoms with van der Waals surface area (Å²) in [5.41, 5.74) is 11.1. The van der Waals surface area contributed by atoms with Crippen LogP contribution in [0.3, 0.4) is 0 Å². The SMILES string of the molecule is Cc1cc2c(cc1C)N(CCN)CCCN2C. The molecule has 0 radical (unpaired) electrons. The number of nitrogens with zero attached hydrogens (tertiary/aromatic N) is 2. The fraction of sp³-hybridized carbons (Fsp3) is 0.571. The molecule has 1 aromatic carbocycles. The van der Waals surface area contributed by atoms with Crippen molar-refractivity contribution in [2.45, 2.75) is 20.3 Å². The van der Waals surface area contributed by atoms with E-state index >= 15 is 0 Å². The normalized spacial score (nSPS) is 15.8. The molecule has 0 saturated carbocycles. The quantitative estimate of drug-likeness (QED) is 0.847. The lowest BCUT2D eigenvalue weighted by atomic mass is 10.1. The smallest absolute Gasteiger partial charge is 0.0607 e. The van der Waals surface area contributed by atoms with Gasteiger partial charge < -0.3 is 15.5 Å². The van der Waals surface area contributed by atoms with Crippen molar-refractivity contribution in [1.82, 2.24) is 0 Å². The highest BCUT2D eigenvalue weighted by atomic mass is 15.2. The molecular formula is C14H23N3. The number of hydrogen-bond donors (Lipinski definition) is 1. The fourth-order valence-electron chi connectivity index (χ4n) is 2.47. The average Bonchev–Trinajstić information content (AvgIpc) is 2.43. The van der Waals surface area contributed by atoms with Crippen molar-refractivity contribution in [2.24, 2.45) is 5.73 Å². The molecule has 1 aliphatic heterocycles. The maximum Gasteiger partial charge on any atom is 0.0607 e. The second kappa shape index (κ2) is 4.96. The summed E-state index contributed by atoms with van der Waals surface area (Å²) in [6.45, 7) is 8.26. The van der Waals surface area contributed by atoms with Crippen LogP contribution in [0.2, 0.25) is 0 Å². The van der Waals surface area contributed by atoms with Gasteiger partial charge in [-0.15, -0.1) is 0 Å². The molecule has 0 atom stereocenters. The van der Waals surface area contributed by atoms with E-state index in [0.717, 1.165) is 26.2 Å². The molecule has 2 N–H and O–H groups in total. The molecule has 94 valence electrons. The fourth-order valence-corrected chi connectivity index (χ4v) is 2.47. The Bertz CT molecular complexity index is 401. The van der Waals surface area contributed by atoms with E-state index in [1.165, 1.54) is 28.9 Å². The molecule has 0 aromatic heterocycles. The van der Waals surface area contributed by atoms with Gasteiger partial charge in [-0.1, -0.05) is 0 Å². The van der Waals surface area contributed by atoms with E-state index in [9.17, 15) is 0 Å². The topological polar surface area (TPSA) is 32.5 Å². The molecule has 3 nitrogen and oxygen atoms in total. The number of fused-ring (bicyclic) bond motifs is 1. The first kappa shape index (κ1) is 12.2. The minimum atomic E-state index is 0.718. The van der Waals surface area contributed by atoms with E-state index in [1.807, 2.05) is 0 Å². The van der Waals surface area contributed by atoms with Crippen molar-refractivity contribution in [3.05, 3.63) is 23.3 Å². The van der Waals surface area contributed by atoms with Crippen molar-refractivity contribution >= 4 is 11.4 Å². The molecule has 0 unspecified atom stereocenters. The van der Waals surface area contributed by atoms with Crippen molar-refractivity contribution in [2.75, 3.05) is 43.0 Å². The molecule has 0 saturated heterocycles. The molecule has 0 aliphatic carbocycles. The Kier molecular flexibility index (Phi) is 3.57. The zero-order valence-corrected chi connectivity index (χ0v) is 11.2. The first-order chi connectivity index (χ1) is 8.13. The molecule has 0 bridgehead atoms. The van der Waals surface area contributed by atoms with E-state index < -0.39 is 0 Å². The summed E-state index contributed by atoms with van der Waals surface area (Å²) in [5, 5.41) is 0. The molecule has 1 aromatic rings. The summed E-state index contributed by atoms with van der Waals surface area (Å²) in [5.74, 6) is 0. The number of rotatable bonds is 2. The molecule has 0 spiro atoms. The first-order valence-corrected chi connectivity index (χ1v) is 6.41. The van der Waals surface area contributed by atoms with Gasteiger partial charge in [-0.3, -0.25) is 0 Å². The third-order valence-electron chi connectivity index (χ3n) is 3.66. The second-order valence-corrected chi connectivity index (χ2v) is 4.98. The summed E-state index contributed by atoms with van der Waals surface area (Å²) in [6.07, 6.45) is 1.20. The minimum absolute atomic E-state index is 0.718. The van der Waals surface area contributed by atoms with Crippen molar-refractivity contribution < 1.29 is 0 Å². The van der Waals surface area contributed by atoms with Gasteiger partial charge in [0.2, 0.25) is 0 Å². The summed E-state index contributed by atoms with van der Waals surface area (Å²) in [4.78, 5) is 4.78. The van der Waals surface area contributed by atoms with Crippen LogP contribution in [0, 0.1) is 13.8 Å². The van der Waals surface area contributed by atoms with Crippen molar-refractivity contribution in [3.8, 4) is 0 Å². The van der Waals surface area contributed by atoms with Crippen LogP contribution in [0.15, 0.2) is 12.1 Å². The van der Waals surface area contributed by atoms with Crippen LogP contribution in [0.5, 0.6) is 0 Å². The Morgan fingerprint density at radius 1 is 1.12 bits per heavy atom. The Morgan fingerprint density at radius 3 is 2.41 bits per heavy atom. The van der Waals surface area contributed by atoms with Gasteiger partial charge in [0, 0.05) is 33.2 Å². The number of anilines is 2. The maximum absolute atomic E-state index is 5.71. The summed E-state index contributed by atoms with van der Waals surface area (Å²) < 4.78 is 0. The van der Waals surface area contributed by atoms with E-state index in [2.05, 4.69) is 42.8 Å². The Labute approximate surface area is 104 Å². The predicted molar refractivity (Wildman–Crippen MR) is 75.1 cm³/mol. The van der Waals surface area contributed by atoms with E-state index in [0.29, 0.717) is 0 Å². The summed E-state index contributed by atoms with van der Waals surface area (Å²) >= 11 is 0. The monoisotopic (exact) mass is 233 g/mol. The van der Waals surface area contributed by atoms with Gasteiger partial charge in [0.15, 0.2) is 0 Å². The molecule has 0 amide bonds. The van der Waals surface area contributed by atoms with Crippen LogP contribution in [0.4, 0.5) is 11.4 Å². The average molecular weight is 233 g/mol. The minimum Gasteiger partial charge on any atom is -0.373 e. The van der Waals surface area contributed by atoms with Crippen molar-refractivity contribution in [1.29, 1.82) is 0 Å². The summed E-state index contributed by atoms with van der Waals surface area (Å²) in [6, 6.07) is 4.61. The van der Waals surface area contributed by atoms with Gasteiger partial charge in [0.25, 0.3) is 0 Å². The highest BCUT2D eigenvalue weighted by Gasteiger charge is 2.18. The van der Waals surface area contributed by atoms with Crippen LogP contribution < -0.4 is 15.5 Å². The molecule has 1 aliphatic rings. The van der Waals surface area contributed by atoms with Gasteiger partial charge in [0.05, 0.1) is 11.4 Å². The second-order valence-electron chi connectivity index (χ2n) is 4.98. The van der Waals surface area contributed by atoms with E-state index in [4.69, 9.17) is 5.73 Å². The standard InChI is InChI=1S/C14H23N3/c1-11-9-13-14(10-12(11)2)17(8-5-15)7-4-6-16(13)3/h9-10H,4-8,15H2,1-3H3. The predicted octanol–water partition coefficient (Wildman–Crippen LogP) is 1.91. The number of hydrogen-bond acceptors (Lipinski definition) is 3. The third-order valence-corrected chi connectivity index (χ3v) is 3.66. The Balaban J connectivity index is 2.46.